The lowest BCUT2D eigenvalue weighted by Crippen LogP contribution is -2.32. The molecule has 0 aromatic heterocycles. The third-order valence-electron chi connectivity index (χ3n) is 3.19. The van der Waals surface area contributed by atoms with E-state index in [1.54, 1.807) is 12.1 Å². The van der Waals surface area contributed by atoms with Crippen LogP contribution >= 0.6 is 0 Å². The summed E-state index contributed by atoms with van der Waals surface area (Å²) >= 11 is 0. The molecule has 5 heteroatoms. The van der Waals surface area contributed by atoms with Gasteiger partial charge >= 0.3 is 0 Å². The average Bonchev–Trinajstić information content (AvgIpc) is 2.72. The van der Waals surface area contributed by atoms with Crippen LogP contribution in [0.15, 0.2) is 30.3 Å². The van der Waals surface area contributed by atoms with Gasteiger partial charge in [-0.05, 0) is 5.56 Å². The lowest BCUT2D eigenvalue weighted by Gasteiger charge is -2.20. The highest BCUT2D eigenvalue weighted by Gasteiger charge is 2.33. The molecule has 2 amide bonds. The number of rotatable bonds is 4. The highest BCUT2D eigenvalue weighted by molar-refractivity contribution is 5.88. The van der Waals surface area contributed by atoms with Crippen LogP contribution in [0.5, 0.6) is 0 Å². The predicted octanol–water partition coefficient (Wildman–Crippen LogP) is 0.0538. The van der Waals surface area contributed by atoms with Gasteiger partial charge in [0, 0.05) is 13.0 Å². The molecule has 1 aliphatic rings. The predicted molar refractivity (Wildman–Crippen MR) is 65.3 cm³/mol. The molecule has 1 fully saturated rings. The molecule has 1 unspecified atom stereocenters. The molecular formula is C13H16N2O3. The zero-order valence-corrected chi connectivity index (χ0v) is 9.95. The van der Waals surface area contributed by atoms with Crippen LogP contribution < -0.4 is 5.73 Å². The van der Waals surface area contributed by atoms with Gasteiger partial charge in [0.15, 0.2) is 0 Å². The summed E-state index contributed by atoms with van der Waals surface area (Å²) in [7, 11) is 0. The van der Waals surface area contributed by atoms with Crippen molar-refractivity contribution in [1.82, 2.24) is 4.90 Å². The standard InChI is InChI=1S/C13H16N2O3/c14-13(18)10-6-12(17)15(7-10)8-11(16)9-4-2-1-3-5-9/h1-5,10-11,16H,6-8H2,(H2,14,18)/t10?,11-/m1/s1. The van der Waals surface area contributed by atoms with Crippen molar-refractivity contribution in [3.8, 4) is 0 Å². The van der Waals surface area contributed by atoms with Gasteiger partial charge in [-0.25, -0.2) is 0 Å². The molecule has 1 aromatic carbocycles. The minimum Gasteiger partial charge on any atom is -0.387 e. The Labute approximate surface area is 105 Å². The minimum absolute atomic E-state index is 0.131. The fourth-order valence-corrected chi connectivity index (χ4v) is 2.13. The van der Waals surface area contributed by atoms with E-state index in [-0.39, 0.29) is 18.9 Å². The molecule has 0 saturated carbocycles. The van der Waals surface area contributed by atoms with Crippen LogP contribution in [0.2, 0.25) is 0 Å². The topological polar surface area (TPSA) is 83.6 Å². The molecule has 0 bridgehead atoms. The second-order valence-corrected chi connectivity index (χ2v) is 4.53. The monoisotopic (exact) mass is 248 g/mol. The first-order valence-electron chi connectivity index (χ1n) is 5.88. The fraction of sp³-hybridized carbons (Fsp3) is 0.385. The van der Waals surface area contributed by atoms with Gasteiger partial charge in [0.1, 0.15) is 0 Å². The number of likely N-dealkylation sites (tertiary alicyclic amines) is 1. The summed E-state index contributed by atoms with van der Waals surface area (Å²) in [6.45, 7) is 0.505. The maximum atomic E-state index is 11.7. The van der Waals surface area contributed by atoms with Gasteiger partial charge in [0.05, 0.1) is 18.6 Å². The summed E-state index contributed by atoms with van der Waals surface area (Å²) in [5.41, 5.74) is 5.94. The van der Waals surface area contributed by atoms with E-state index >= 15 is 0 Å². The van der Waals surface area contributed by atoms with E-state index in [2.05, 4.69) is 0 Å². The van der Waals surface area contributed by atoms with E-state index in [1.807, 2.05) is 18.2 Å². The molecule has 5 nitrogen and oxygen atoms in total. The number of β-amino-alcohol motifs (C(OH)–C–C–N with tert-alkyl or cyclic N) is 1. The van der Waals surface area contributed by atoms with Crippen molar-refractivity contribution in [1.29, 1.82) is 0 Å². The smallest absolute Gasteiger partial charge is 0.223 e. The third kappa shape index (κ3) is 2.68. The van der Waals surface area contributed by atoms with Crippen molar-refractivity contribution in [3.05, 3.63) is 35.9 Å². The van der Waals surface area contributed by atoms with Crippen LogP contribution in [0.3, 0.4) is 0 Å². The van der Waals surface area contributed by atoms with Crippen LogP contribution in [0.1, 0.15) is 18.1 Å². The minimum atomic E-state index is -0.734. The average molecular weight is 248 g/mol. The van der Waals surface area contributed by atoms with Crippen LogP contribution in [-0.4, -0.2) is 34.9 Å². The van der Waals surface area contributed by atoms with Crippen molar-refractivity contribution in [2.45, 2.75) is 12.5 Å². The van der Waals surface area contributed by atoms with Gasteiger partial charge in [0.25, 0.3) is 0 Å². The Morgan fingerprint density at radius 2 is 2.11 bits per heavy atom. The number of aliphatic hydroxyl groups excluding tert-OH is 1. The van der Waals surface area contributed by atoms with Crippen molar-refractivity contribution < 1.29 is 14.7 Å². The number of nitrogens with zero attached hydrogens (tertiary/aromatic N) is 1. The second kappa shape index (κ2) is 5.18. The van der Waals surface area contributed by atoms with Crippen LogP contribution in [-0.2, 0) is 9.59 Å². The zero-order chi connectivity index (χ0) is 13.1. The van der Waals surface area contributed by atoms with E-state index in [9.17, 15) is 14.7 Å². The van der Waals surface area contributed by atoms with E-state index in [1.165, 1.54) is 4.90 Å². The van der Waals surface area contributed by atoms with E-state index in [4.69, 9.17) is 5.73 Å². The normalized spacial score (nSPS) is 21.1. The van der Waals surface area contributed by atoms with E-state index in [0.717, 1.165) is 5.56 Å². The first kappa shape index (κ1) is 12.6. The molecule has 2 atom stereocenters. The number of primary amides is 1. The van der Waals surface area contributed by atoms with Crippen LogP contribution in [0.4, 0.5) is 0 Å². The Morgan fingerprint density at radius 1 is 1.44 bits per heavy atom. The molecule has 0 radical (unpaired) electrons. The number of aliphatic hydroxyl groups is 1. The molecule has 1 heterocycles. The van der Waals surface area contributed by atoms with Crippen molar-refractivity contribution in [2.24, 2.45) is 11.7 Å². The van der Waals surface area contributed by atoms with Crippen LogP contribution in [0.25, 0.3) is 0 Å². The lowest BCUT2D eigenvalue weighted by molar-refractivity contribution is -0.129. The number of nitrogens with two attached hydrogens (primary N) is 1. The quantitative estimate of drug-likeness (QED) is 0.790. The number of carbonyl (C=O) groups is 2. The number of amides is 2. The second-order valence-electron chi connectivity index (χ2n) is 4.53. The van der Waals surface area contributed by atoms with E-state index < -0.39 is 17.9 Å². The van der Waals surface area contributed by atoms with E-state index in [0.29, 0.717) is 6.54 Å². The molecule has 1 saturated heterocycles. The summed E-state index contributed by atoms with van der Waals surface area (Å²) in [6, 6.07) is 9.13. The number of hydrogen-bond donors (Lipinski definition) is 2. The molecule has 1 aromatic rings. The molecule has 96 valence electrons. The number of benzene rings is 1. The molecule has 2 rings (SSSR count). The van der Waals surface area contributed by atoms with Gasteiger partial charge in [-0.2, -0.15) is 0 Å². The largest absolute Gasteiger partial charge is 0.387 e. The van der Waals surface area contributed by atoms with Crippen molar-refractivity contribution in [2.75, 3.05) is 13.1 Å². The third-order valence-corrected chi connectivity index (χ3v) is 3.19. The van der Waals surface area contributed by atoms with Crippen LogP contribution in [0, 0.1) is 5.92 Å². The Hall–Kier alpha value is -1.88. The summed E-state index contributed by atoms with van der Waals surface area (Å²) in [5.74, 6) is -1.02. The molecule has 0 spiro atoms. The molecule has 0 aliphatic carbocycles. The molecule has 18 heavy (non-hydrogen) atoms. The maximum absolute atomic E-state index is 11.7. The molecular weight excluding hydrogens is 232 g/mol. The summed E-state index contributed by atoms with van der Waals surface area (Å²) < 4.78 is 0. The SMILES string of the molecule is NC(=O)C1CC(=O)N(C[C@@H](O)c2ccccc2)C1. The van der Waals surface area contributed by atoms with Gasteiger partial charge < -0.3 is 15.7 Å². The summed E-state index contributed by atoms with van der Waals surface area (Å²) in [5, 5.41) is 10.0. The van der Waals surface area contributed by atoms with Crippen molar-refractivity contribution in [3.63, 3.8) is 0 Å². The highest BCUT2D eigenvalue weighted by atomic mass is 16.3. The van der Waals surface area contributed by atoms with Gasteiger partial charge in [-0.3, -0.25) is 9.59 Å². The first-order valence-corrected chi connectivity index (χ1v) is 5.88. The van der Waals surface area contributed by atoms with Crippen molar-refractivity contribution >= 4 is 11.8 Å². The van der Waals surface area contributed by atoms with Gasteiger partial charge in [0.2, 0.25) is 11.8 Å². The molecule has 3 N–H and O–H groups in total. The zero-order valence-electron chi connectivity index (χ0n) is 9.95. The number of hydrogen-bond acceptors (Lipinski definition) is 3. The summed E-state index contributed by atoms with van der Waals surface area (Å²) in [6.07, 6.45) is -0.585. The number of carbonyl (C=O) groups excluding carboxylic acids is 2. The van der Waals surface area contributed by atoms with Gasteiger partial charge in [-0.1, -0.05) is 30.3 Å². The lowest BCUT2D eigenvalue weighted by atomic mass is 10.1. The highest BCUT2D eigenvalue weighted by Crippen LogP contribution is 2.21. The Morgan fingerprint density at radius 3 is 2.67 bits per heavy atom. The Kier molecular flexibility index (Phi) is 3.62. The molecule has 1 aliphatic heterocycles. The summed E-state index contributed by atoms with van der Waals surface area (Å²) in [4.78, 5) is 24.2. The fourth-order valence-electron chi connectivity index (χ4n) is 2.13. The Bertz CT molecular complexity index is 447. The first-order chi connectivity index (χ1) is 8.58. The van der Waals surface area contributed by atoms with Gasteiger partial charge in [-0.15, -0.1) is 0 Å². The maximum Gasteiger partial charge on any atom is 0.223 e. The Balaban J connectivity index is 1.98.